The molecule has 0 aliphatic rings. The van der Waals surface area contributed by atoms with Crippen LogP contribution in [0.25, 0.3) is 139 Å². The average molecular weight is 957 g/mol. The lowest BCUT2D eigenvalue weighted by molar-refractivity contribution is 0.951. The largest absolute Gasteiger partial charge is 0.309 e. The number of benzene rings is 11. The summed E-state index contributed by atoms with van der Waals surface area (Å²) < 4.78 is 7.02. The zero-order valence-corrected chi connectivity index (χ0v) is 40.6. The molecule has 15 aromatic rings. The van der Waals surface area contributed by atoms with Gasteiger partial charge >= 0.3 is 0 Å². The monoisotopic (exact) mass is 956 g/mol. The molecule has 0 saturated heterocycles. The SMILES string of the molecule is c1ccc(-c2cccc(-c3nc(-c4ccccc4-n4c5ccccc5c5c(-c6cccc7c6c6ccc(-c8ccccc8)cc6n7-c6ccccc6)cccc54)nc(-n4c5ccccc5c5ccccc54)n3)c2)cc1. The van der Waals surface area contributed by atoms with Gasteiger partial charge < -0.3 is 9.13 Å². The molecule has 0 aliphatic heterocycles. The van der Waals surface area contributed by atoms with Crippen molar-refractivity contribution in [3.8, 4) is 73.5 Å². The Bertz CT molecular complexity index is 4650. The molecule has 0 saturated carbocycles. The second-order valence-electron chi connectivity index (χ2n) is 19.1. The highest BCUT2D eigenvalue weighted by Crippen LogP contribution is 2.45. The van der Waals surface area contributed by atoms with Gasteiger partial charge in [-0.2, -0.15) is 9.97 Å². The molecule has 0 atom stereocenters. The van der Waals surface area contributed by atoms with Crippen LogP contribution in [0, 0.1) is 0 Å². The van der Waals surface area contributed by atoms with Gasteiger partial charge in [-0.1, -0.05) is 200 Å². The lowest BCUT2D eigenvalue weighted by Gasteiger charge is -2.15. The van der Waals surface area contributed by atoms with E-state index in [1.807, 2.05) is 6.07 Å². The van der Waals surface area contributed by atoms with Crippen LogP contribution < -0.4 is 0 Å². The van der Waals surface area contributed by atoms with Gasteiger partial charge in [-0.15, -0.1) is 0 Å². The highest BCUT2D eigenvalue weighted by atomic mass is 15.2. The molecule has 4 heterocycles. The van der Waals surface area contributed by atoms with Crippen LogP contribution in [-0.2, 0) is 0 Å². The Hall–Kier alpha value is -10.2. The Labute approximate surface area is 432 Å². The van der Waals surface area contributed by atoms with Crippen molar-refractivity contribution in [2.75, 3.05) is 0 Å². The Morgan fingerprint density at radius 3 is 1.36 bits per heavy atom. The fourth-order valence-electron chi connectivity index (χ4n) is 11.6. The molecule has 15 rings (SSSR count). The Kier molecular flexibility index (Phi) is 9.78. The molecule has 0 spiro atoms. The summed E-state index contributed by atoms with van der Waals surface area (Å²) in [5, 5.41) is 7.04. The van der Waals surface area contributed by atoms with Crippen molar-refractivity contribution < 1.29 is 0 Å². The summed E-state index contributed by atoms with van der Waals surface area (Å²) in [6.07, 6.45) is 0. The lowest BCUT2D eigenvalue weighted by Crippen LogP contribution is -2.07. The van der Waals surface area contributed by atoms with Crippen molar-refractivity contribution >= 4 is 65.4 Å². The average Bonchev–Trinajstić information content (AvgIpc) is 4.21. The minimum Gasteiger partial charge on any atom is -0.309 e. The van der Waals surface area contributed by atoms with Crippen LogP contribution in [0.15, 0.2) is 267 Å². The maximum atomic E-state index is 5.49. The maximum Gasteiger partial charge on any atom is 0.238 e. The maximum absolute atomic E-state index is 5.49. The van der Waals surface area contributed by atoms with Crippen molar-refractivity contribution in [1.82, 2.24) is 28.7 Å². The molecule has 0 amide bonds. The van der Waals surface area contributed by atoms with Crippen molar-refractivity contribution in [2.24, 2.45) is 0 Å². The van der Waals surface area contributed by atoms with E-state index in [9.17, 15) is 0 Å². The normalized spacial score (nSPS) is 11.7. The van der Waals surface area contributed by atoms with Crippen molar-refractivity contribution in [1.29, 1.82) is 0 Å². The topological polar surface area (TPSA) is 53.5 Å². The molecule has 0 radical (unpaired) electrons. The fraction of sp³-hybridized carbons (Fsp3) is 0. The van der Waals surface area contributed by atoms with E-state index in [0.29, 0.717) is 17.6 Å². The van der Waals surface area contributed by atoms with E-state index in [1.54, 1.807) is 0 Å². The molecule has 0 N–H and O–H groups in total. The molecule has 0 aliphatic carbocycles. The molecule has 6 nitrogen and oxygen atoms in total. The van der Waals surface area contributed by atoms with E-state index in [1.165, 1.54) is 38.4 Å². The van der Waals surface area contributed by atoms with E-state index in [4.69, 9.17) is 15.0 Å². The van der Waals surface area contributed by atoms with E-state index in [-0.39, 0.29) is 0 Å². The van der Waals surface area contributed by atoms with Gasteiger partial charge in [-0.25, -0.2) is 4.98 Å². The molecular formula is C69H44N6. The predicted molar refractivity (Wildman–Crippen MR) is 310 cm³/mol. The minimum absolute atomic E-state index is 0.551. The first-order valence-electron chi connectivity index (χ1n) is 25.4. The molecule has 350 valence electrons. The van der Waals surface area contributed by atoms with Crippen molar-refractivity contribution in [3.05, 3.63) is 267 Å². The van der Waals surface area contributed by atoms with Crippen LogP contribution in [0.3, 0.4) is 0 Å². The summed E-state index contributed by atoms with van der Waals surface area (Å²) in [5.74, 6) is 1.72. The summed E-state index contributed by atoms with van der Waals surface area (Å²) in [4.78, 5) is 16.3. The lowest BCUT2D eigenvalue weighted by atomic mass is 9.95. The van der Waals surface area contributed by atoms with Crippen LogP contribution in [-0.4, -0.2) is 28.7 Å². The van der Waals surface area contributed by atoms with Gasteiger partial charge in [0.2, 0.25) is 5.95 Å². The predicted octanol–water partition coefficient (Wildman–Crippen LogP) is 17.5. The number of aromatic nitrogens is 6. The smallest absolute Gasteiger partial charge is 0.238 e. The summed E-state index contributed by atoms with van der Waals surface area (Å²) in [6.45, 7) is 0. The van der Waals surface area contributed by atoms with Crippen molar-refractivity contribution in [2.45, 2.75) is 0 Å². The zero-order valence-electron chi connectivity index (χ0n) is 40.6. The van der Waals surface area contributed by atoms with Crippen molar-refractivity contribution in [3.63, 3.8) is 0 Å². The number of rotatable bonds is 8. The first-order chi connectivity index (χ1) is 37.2. The van der Waals surface area contributed by atoms with E-state index < -0.39 is 0 Å². The van der Waals surface area contributed by atoms with Gasteiger partial charge in [-0.3, -0.25) is 4.57 Å². The van der Waals surface area contributed by atoms with Gasteiger partial charge in [0.25, 0.3) is 0 Å². The second kappa shape index (κ2) is 17.3. The van der Waals surface area contributed by atoms with Crippen LogP contribution in [0.4, 0.5) is 0 Å². The van der Waals surface area contributed by atoms with Gasteiger partial charge in [0.1, 0.15) is 0 Å². The third-order valence-corrected chi connectivity index (χ3v) is 14.9. The van der Waals surface area contributed by atoms with E-state index in [2.05, 4.69) is 275 Å². The highest BCUT2D eigenvalue weighted by molar-refractivity contribution is 6.22. The van der Waals surface area contributed by atoms with Crippen LogP contribution in [0.5, 0.6) is 0 Å². The van der Waals surface area contributed by atoms with E-state index in [0.717, 1.165) is 82.9 Å². The molecule has 0 fully saturated rings. The zero-order chi connectivity index (χ0) is 49.4. The molecule has 75 heavy (non-hydrogen) atoms. The van der Waals surface area contributed by atoms with Gasteiger partial charge in [0, 0.05) is 49.1 Å². The van der Waals surface area contributed by atoms with E-state index >= 15 is 0 Å². The molecule has 4 aromatic heterocycles. The number of nitrogens with zero attached hydrogens (tertiary/aromatic N) is 6. The quantitative estimate of drug-likeness (QED) is 0.152. The third kappa shape index (κ3) is 6.84. The van der Waals surface area contributed by atoms with Crippen LogP contribution in [0.1, 0.15) is 0 Å². The Morgan fingerprint density at radius 1 is 0.240 bits per heavy atom. The molecular weight excluding hydrogens is 913 g/mol. The summed E-state index contributed by atoms with van der Waals surface area (Å²) in [6, 6.07) is 95.2. The molecule has 11 aromatic carbocycles. The summed E-state index contributed by atoms with van der Waals surface area (Å²) >= 11 is 0. The highest BCUT2D eigenvalue weighted by Gasteiger charge is 2.24. The first kappa shape index (κ1) is 42.5. The fourth-order valence-corrected chi connectivity index (χ4v) is 11.6. The van der Waals surface area contributed by atoms with Gasteiger partial charge in [-0.05, 0) is 100 Å². The number of para-hydroxylation sites is 5. The first-order valence-corrected chi connectivity index (χ1v) is 25.4. The Balaban J connectivity index is 0.969. The molecule has 6 heteroatoms. The molecule has 0 bridgehead atoms. The molecule has 0 unspecified atom stereocenters. The summed E-state index contributed by atoms with van der Waals surface area (Å²) in [7, 11) is 0. The Morgan fingerprint density at radius 2 is 0.693 bits per heavy atom. The van der Waals surface area contributed by atoms with Gasteiger partial charge in [0.05, 0.1) is 38.8 Å². The van der Waals surface area contributed by atoms with Gasteiger partial charge in [0.15, 0.2) is 11.6 Å². The number of hydrogen-bond donors (Lipinski definition) is 0. The number of fused-ring (bicyclic) bond motifs is 9. The van der Waals surface area contributed by atoms with Crippen LogP contribution in [0.2, 0.25) is 0 Å². The summed E-state index contributed by atoms with van der Waals surface area (Å²) in [5.41, 5.74) is 17.4. The minimum atomic E-state index is 0.551. The standard InChI is InChI=1S/C69H44N6/c1-4-21-45(22-5-1)47-25-18-26-49(43-47)67-70-68(72-69(71-67)75-58-35-14-10-29-51(58)52-30-11-15-36-59(52)75)57-32-13-17-38-61(57)74-60-37-16-12-31-55(60)65-53(34-20-40-63(65)74)54-33-19-39-62-66(54)56-42-41-48(46-23-6-2-7-24-46)44-64(56)73(62)50-27-8-3-9-28-50/h1-44H. The van der Waals surface area contributed by atoms with Crippen LogP contribution >= 0.6 is 0 Å². The number of hydrogen-bond acceptors (Lipinski definition) is 3. The second-order valence-corrected chi connectivity index (χ2v) is 19.1. The third-order valence-electron chi connectivity index (χ3n) is 14.9.